The molecule has 36 heavy (non-hydrogen) atoms. The first-order valence-corrected chi connectivity index (χ1v) is 12.0. The molecule has 180 valence electrons. The lowest BCUT2D eigenvalue weighted by Crippen LogP contribution is -2.04. The summed E-state index contributed by atoms with van der Waals surface area (Å²) in [6.07, 6.45) is 3.04. The molecule has 0 unspecified atom stereocenters. The Morgan fingerprint density at radius 1 is 1.03 bits per heavy atom. The molecular formula is C31H28N2O3. The Hall–Kier alpha value is -4.38. The third kappa shape index (κ3) is 4.24. The topological polar surface area (TPSA) is 75.2 Å². The van der Waals surface area contributed by atoms with E-state index in [1.807, 2.05) is 68.4 Å². The molecule has 0 amide bonds. The summed E-state index contributed by atoms with van der Waals surface area (Å²) in [6.45, 7) is 8.56. The Kier molecular flexibility index (Phi) is 6.30. The van der Waals surface area contributed by atoms with Crippen LogP contribution in [0.5, 0.6) is 5.75 Å². The number of H-pyrrole nitrogens is 1. The molecule has 2 aromatic heterocycles. The predicted molar refractivity (Wildman–Crippen MR) is 146 cm³/mol. The molecule has 0 spiro atoms. The number of hydrogen-bond donors (Lipinski definition) is 2. The molecule has 0 aliphatic heterocycles. The maximum absolute atomic E-state index is 12.2. The van der Waals surface area contributed by atoms with Crippen LogP contribution in [0, 0.1) is 6.92 Å². The smallest absolute Gasteiger partial charge is 0.352 e. The number of aromatic carboxylic acids is 1. The van der Waals surface area contributed by atoms with E-state index in [-0.39, 0.29) is 5.69 Å². The largest absolute Gasteiger partial charge is 0.493 e. The maximum Gasteiger partial charge on any atom is 0.352 e. The number of aryl methyl sites for hydroxylation is 2. The SMILES string of the molecule is C=C(C)c1nccc(C)c1-c1cccc2c(CCCOc3cccc4ccccc34)c(C(=O)O)[nH]c12. The Balaban J connectivity index is 1.47. The van der Waals surface area contributed by atoms with Crippen molar-refractivity contribution in [1.82, 2.24) is 9.97 Å². The number of rotatable bonds is 8. The van der Waals surface area contributed by atoms with Gasteiger partial charge in [0.25, 0.3) is 0 Å². The summed E-state index contributed by atoms with van der Waals surface area (Å²) >= 11 is 0. The number of nitrogens with one attached hydrogen (secondary N) is 1. The number of carboxylic acid groups (broad SMARTS) is 1. The summed E-state index contributed by atoms with van der Waals surface area (Å²) in [5.74, 6) is -0.127. The second-order valence-corrected chi connectivity index (χ2v) is 9.07. The van der Waals surface area contributed by atoms with Crippen LogP contribution >= 0.6 is 0 Å². The maximum atomic E-state index is 12.2. The predicted octanol–water partition coefficient (Wildman–Crippen LogP) is 7.43. The zero-order valence-electron chi connectivity index (χ0n) is 20.5. The third-order valence-corrected chi connectivity index (χ3v) is 6.57. The molecule has 5 rings (SSSR count). The molecule has 2 heterocycles. The Morgan fingerprint density at radius 3 is 2.58 bits per heavy atom. The van der Waals surface area contributed by atoms with Gasteiger partial charge in [-0.2, -0.15) is 0 Å². The van der Waals surface area contributed by atoms with Crippen LogP contribution in [0.15, 0.2) is 79.5 Å². The second kappa shape index (κ2) is 9.70. The van der Waals surface area contributed by atoms with Gasteiger partial charge in [0.1, 0.15) is 11.4 Å². The number of hydrogen-bond acceptors (Lipinski definition) is 3. The van der Waals surface area contributed by atoms with Crippen molar-refractivity contribution in [2.45, 2.75) is 26.7 Å². The van der Waals surface area contributed by atoms with Gasteiger partial charge >= 0.3 is 5.97 Å². The van der Waals surface area contributed by atoms with Crippen LogP contribution in [-0.4, -0.2) is 27.7 Å². The molecule has 5 aromatic rings. The van der Waals surface area contributed by atoms with Gasteiger partial charge in [0.2, 0.25) is 0 Å². The molecule has 0 atom stereocenters. The average Bonchev–Trinajstić information content (AvgIpc) is 3.26. The minimum atomic E-state index is -0.967. The van der Waals surface area contributed by atoms with E-state index in [4.69, 9.17) is 4.74 Å². The molecule has 0 saturated carbocycles. The number of aromatic amines is 1. The molecule has 5 heteroatoms. The van der Waals surface area contributed by atoms with Gasteiger partial charge in [0, 0.05) is 28.1 Å². The summed E-state index contributed by atoms with van der Waals surface area (Å²) in [4.78, 5) is 20.0. The second-order valence-electron chi connectivity index (χ2n) is 9.07. The zero-order valence-corrected chi connectivity index (χ0v) is 20.5. The van der Waals surface area contributed by atoms with Gasteiger partial charge in [-0.3, -0.25) is 4.98 Å². The Labute approximate surface area is 210 Å². The standard InChI is InChI=1S/C31H28N2O3/c1-19(2)28-27(20(3)16-17-32-28)25-13-7-12-23-24(30(31(34)35)33-29(23)25)14-8-18-36-26-15-6-10-21-9-4-5-11-22(21)26/h4-7,9-13,15-17,33H,1,8,14,18H2,2-3H3,(H,34,35). The summed E-state index contributed by atoms with van der Waals surface area (Å²) in [5.41, 5.74) is 6.46. The van der Waals surface area contributed by atoms with Crippen LogP contribution in [0.4, 0.5) is 0 Å². The normalized spacial score (nSPS) is 11.2. The Morgan fingerprint density at radius 2 is 1.78 bits per heavy atom. The number of para-hydroxylation sites is 1. The highest BCUT2D eigenvalue weighted by Gasteiger charge is 2.21. The third-order valence-electron chi connectivity index (χ3n) is 6.57. The van der Waals surface area contributed by atoms with Gasteiger partial charge in [-0.25, -0.2) is 4.79 Å². The minimum Gasteiger partial charge on any atom is -0.493 e. The molecular weight excluding hydrogens is 448 g/mol. The number of carbonyl (C=O) groups is 1. The quantitative estimate of drug-likeness (QED) is 0.228. The van der Waals surface area contributed by atoms with Gasteiger partial charge in [-0.1, -0.05) is 61.2 Å². The van der Waals surface area contributed by atoms with E-state index < -0.39 is 5.97 Å². The fourth-order valence-electron chi connectivity index (χ4n) is 4.90. The lowest BCUT2D eigenvalue weighted by Gasteiger charge is -2.13. The zero-order chi connectivity index (χ0) is 25.2. The number of nitrogens with zero attached hydrogens (tertiary/aromatic N) is 1. The molecule has 0 fully saturated rings. The number of ether oxygens (including phenoxy) is 1. The Bertz CT molecular complexity index is 1610. The van der Waals surface area contributed by atoms with Crippen molar-refractivity contribution in [2.75, 3.05) is 6.61 Å². The van der Waals surface area contributed by atoms with Crippen LogP contribution < -0.4 is 4.74 Å². The highest BCUT2D eigenvalue weighted by Crippen LogP contribution is 2.37. The summed E-state index contributed by atoms with van der Waals surface area (Å²) < 4.78 is 6.11. The van der Waals surface area contributed by atoms with Crippen molar-refractivity contribution < 1.29 is 14.6 Å². The number of aromatic nitrogens is 2. The van der Waals surface area contributed by atoms with Crippen LogP contribution in [0.25, 0.3) is 38.4 Å². The molecule has 5 nitrogen and oxygen atoms in total. The summed E-state index contributed by atoms with van der Waals surface area (Å²) in [6, 6.07) is 22.1. The van der Waals surface area contributed by atoms with Gasteiger partial charge in [0.15, 0.2) is 0 Å². The van der Waals surface area contributed by atoms with Crippen molar-refractivity contribution in [1.29, 1.82) is 0 Å². The van der Waals surface area contributed by atoms with Crippen LogP contribution in [0.2, 0.25) is 0 Å². The highest BCUT2D eigenvalue weighted by molar-refractivity contribution is 6.04. The lowest BCUT2D eigenvalue weighted by atomic mass is 9.94. The van der Waals surface area contributed by atoms with Gasteiger partial charge in [-0.15, -0.1) is 0 Å². The van der Waals surface area contributed by atoms with E-state index in [1.54, 1.807) is 6.20 Å². The molecule has 0 radical (unpaired) electrons. The van der Waals surface area contributed by atoms with Gasteiger partial charge in [0.05, 0.1) is 17.8 Å². The van der Waals surface area contributed by atoms with E-state index in [0.717, 1.165) is 60.9 Å². The summed E-state index contributed by atoms with van der Waals surface area (Å²) in [5, 5.41) is 13.1. The van der Waals surface area contributed by atoms with Crippen molar-refractivity contribution in [3.8, 4) is 16.9 Å². The van der Waals surface area contributed by atoms with Crippen molar-refractivity contribution in [3.63, 3.8) is 0 Å². The molecule has 2 N–H and O–H groups in total. The first-order chi connectivity index (χ1) is 17.5. The lowest BCUT2D eigenvalue weighted by molar-refractivity contribution is 0.0690. The minimum absolute atomic E-state index is 0.223. The van der Waals surface area contributed by atoms with E-state index in [2.05, 4.69) is 28.7 Å². The van der Waals surface area contributed by atoms with E-state index >= 15 is 0 Å². The molecule has 0 aliphatic rings. The van der Waals surface area contributed by atoms with Gasteiger partial charge < -0.3 is 14.8 Å². The van der Waals surface area contributed by atoms with Crippen molar-refractivity contribution in [3.05, 3.63) is 102 Å². The fourth-order valence-corrected chi connectivity index (χ4v) is 4.90. The van der Waals surface area contributed by atoms with Gasteiger partial charge in [-0.05, 0) is 60.9 Å². The number of allylic oxidation sites excluding steroid dienone is 1. The van der Waals surface area contributed by atoms with E-state index in [1.165, 1.54) is 0 Å². The van der Waals surface area contributed by atoms with Crippen LogP contribution in [-0.2, 0) is 6.42 Å². The number of carboxylic acids is 1. The van der Waals surface area contributed by atoms with Crippen molar-refractivity contribution in [2.24, 2.45) is 0 Å². The number of benzene rings is 3. The molecule has 0 bridgehead atoms. The van der Waals surface area contributed by atoms with Crippen LogP contribution in [0.3, 0.4) is 0 Å². The summed E-state index contributed by atoms with van der Waals surface area (Å²) in [7, 11) is 0. The fraction of sp³-hybridized carbons (Fsp3) is 0.161. The van der Waals surface area contributed by atoms with E-state index in [9.17, 15) is 9.90 Å². The van der Waals surface area contributed by atoms with E-state index in [0.29, 0.717) is 19.4 Å². The number of fused-ring (bicyclic) bond motifs is 2. The number of pyridine rings is 1. The monoisotopic (exact) mass is 476 g/mol. The first-order valence-electron chi connectivity index (χ1n) is 12.0. The van der Waals surface area contributed by atoms with Crippen LogP contribution in [0.1, 0.15) is 40.7 Å². The van der Waals surface area contributed by atoms with Crippen molar-refractivity contribution >= 4 is 33.2 Å². The molecule has 3 aromatic carbocycles. The highest BCUT2D eigenvalue weighted by atomic mass is 16.5. The first kappa shape index (κ1) is 23.4. The molecule has 0 saturated heterocycles. The molecule has 0 aliphatic carbocycles. The average molecular weight is 477 g/mol.